The lowest BCUT2D eigenvalue weighted by Gasteiger charge is -2.20. The predicted octanol–water partition coefficient (Wildman–Crippen LogP) is 1.39. The van der Waals surface area contributed by atoms with Crippen LogP contribution in [0.25, 0.3) is 0 Å². The Balaban J connectivity index is 2.00. The molecule has 1 unspecified atom stereocenters. The Hall–Kier alpha value is -1.88. The molecule has 2 aromatic rings. The lowest BCUT2D eigenvalue weighted by atomic mass is 10.0. The van der Waals surface area contributed by atoms with E-state index in [-0.39, 0.29) is 6.54 Å². The van der Waals surface area contributed by atoms with Crippen LogP contribution in [0.4, 0.5) is 5.95 Å². The predicted molar refractivity (Wildman–Crippen MR) is 58.8 cm³/mol. The molecule has 0 saturated carbocycles. The zero-order valence-electron chi connectivity index (χ0n) is 8.92. The second-order valence-electron chi connectivity index (χ2n) is 3.68. The second-order valence-corrected chi connectivity index (χ2v) is 3.68. The molecule has 0 spiro atoms. The fraction of sp³-hybridized carbons (Fsp3) is 0.273. The van der Waals surface area contributed by atoms with E-state index >= 15 is 0 Å². The average molecular weight is 219 g/mol. The first-order valence-corrected chi connectivity index (χ1v) is 4.96. The summed E-state index contributed by atoms with van der Waals surface area (Å²) in [6.07, 6.45) is 4.80. The van der Waals surface area contributed by atoms with Crippen molar-refractivity contribution in [3.05, 3.63) is 42.6 Å². The zero-order valence-corrected chi connectivity index (χ0v) is 8.92. The standard InChI is InChI=1S/C11H13N3O2/c1-11(15,9-4-2-7-16-9)8-14-10-12-5-3-6-13-10/h2-7,15H,8H2,1H3,(H,12,13,14). The molecule has 2 N–H and O–H groups in total. The molecule has 1 atom stereocenters. The highest BCUT2D eigenvalue weighted by Crippen LogP contribution is 2.20. The van der Waals surface area contributed by atoms with Gasteiger partial charge < -0.3 is 14.8 Å². The normalized spacial score (nSPS) is 14.4. The van der Waals surface area contributed by atoms with Crippen molar-refractivity contribution in [2.24, 2.45) is 0 Å². The quantitative estimate of drug-likeness (QED) is 0.813. The largest absolute Gasteiger partial charge is 0.466 e. The molecule has 0 aliphatic heterocycles. The van der Waals surface area contributed by atoms with Gasteiger partial charge in [0.15, 0.2) is 0 Å². The molecule has 0 bridgehead atoms. The van der Waals surface area contributed by atoms with Gasteiger partial charge in [0.2, 0.25) is 5.95 Å². The first-order valence-electron chi connectivity index (χ1n) is 4.96. The van der Waals surface area contributed by atoms with Gasteiger partial charge >= 0.3 is 0 Å². The van der Waals surface area contributed by atoms with E-state index in [1.54, 1.807) is 37.5 Å². The van der Waals surface area contributed by atoms with Crippen LogP contribution in [-0.2, 0) is 5.60 Å². The van der Waals surface area contributed by atoms with Crippen LogP contribution in [0.5, 0.6) is 0 Å². The van der Waals surface area contributed by atoms with E-state index < -0.39 is 5.60 Å². The van der Waals surface area contributed by atoms with Crippen LogP contribution in [0, 0.1) is 0 Å². The summed E-state index contributed by atoms with van der Waals surface area (Å²) in [5, 5.41) is 13.1. The Morgan fingerprint density at radius 1 is 1.38 bits per heavy atom. The third-order valence-corrected chi connectivity index (χ3v) is 2.21. The molecule has 2 aromatic heterocycles. The number of aromatic nitrogens is 2. The molecule has 2 heterocycles. The fourth-order valence-corrected chi connectivity index (χ4v) is 1.31. The molecule has 0 aromatic carbocycles. The zero-order chi connectivity index (χ0) is 11.4. The lowest BCUT2D eigenvalue weighted by molar-refractivity contribution is 0.0475. The van der Waals surface area contributed by atoms with Crippen molar-refractivity contribution < 1.29 is 9.52 Å². The summed E-state index contributed by atoms with van der Waals surface area (Å²) in [7, 11) is 0. The van der Waals surface area contributed by atoms with Gasteiger partial charge in [0, 0.05) is 12.4 Å². The molecular weight excluding hydrogens is 206 g/mol. The number of nitrogens with one attached hydrogen (secondary N) is 1. The van der Waals surface area contributed by atoms with Crippen LogP contribution >= 0.6 is 0 Å². The van der Waals surface area contributed by atoms with Crippen LogP contribution in [0.3, 0.4) is 0 Å². The van der Waals surface area contributed by atoms with Gasteiger partial charge in [0.1, 0.15) is 11.4 Å². The van der Waals surface area contributed by atoms with Crippen molar-refractivity contribution in [2.45, 2.75) is 12.5 Å². The van der Waals surface area contributed by atoms with Gasteiger partial charge in [0.05, 0.1) is 12.8 Å². The van der Waals surface area contributed by atoms with Crippen LogP contribution < -0.4 is 5.32 Å². The summed E-state index contributed by atoms with van der Waals surface area (Å²) in [6.45, 7) is 1.95. The summed E-state index contributed by atoms with van der Waals surface area (Å²) in [4.78, 5) is 8.00. The van der Waals surface area contributed by atoms with E-state index in [1.807, 2.05) is 0 Å². The molecule has 0 saturated heterocycles. The molecule has 5 heteroatoms. The minimum Gasteiger partial charge on any atom is -0.466 e. The van der Waals surface area contributed by atoms with Crippen molar-refractivity contribution >= 4 is 5.95 Å². The Kier molecular flexibility index (Phi) is 2.87. The fourth-order valence-electron chi connectivity index (χ4n) is 1.31. The third-order valence-electron chi connectivity index (χ3n) is 2.21. The van der Waals surface area contributed by atoms with Gasteiger partial charge in [-0.1, -0.05) is 0 Å². The lowest BCUT2D eigenvalue weighted by Crippen LogP contribution is -2.30. The molecule has 0 radical (unpaired) electrons. The van der Waals surface area contributed by atoms with E-state index in [0.717, 1.165) is 0 Å². The van der Waals surface area contributed by atoms with E-state index in [0.29, 0.717) is 11.7 Å². The third kappa shape index (κ3) is 2.38. The van der Waals surface area contributed by atoms with Crippen molar-refractivity contribution in [3.8, 4) is 0 Å². The number of aliphatic hydroxyl groups is 1. The summed E-state index contributed by atoms with van der Waals surface area (Å²) in [6, 6.07) is 5.20. The molecule has 84 valence electrons. The Morgan fingerprint density at radius 2 is 2.12 bits per heavy atom. The smallest absolute Gasteiger partial charge is 0.222 e. The molecule has 0 fully saturated rings. The molecular formula is C11H13N3O2. The van der Waals surface area contributed by atoms with Gasteiger partial charge in [-0.3, -0.25) is 0 Å². The topological polar surface area (TPSA) is 71.2 Å². The van der Waals surface area contributed by atoms with Gasteiger partial charge in [-0.2, -0.15) is 0 Å². The van der Waals surface area contributed by atoms with E-state index in [4.69, 9.17) is 4.42 Å². The monoisotopic (exact) mass is 219 g/mol. The highest BCUT2D eigenvalue weighted by molar-refractivity contribution is 5.24. The van der Waals surface area contributed by atoms with Gasteiger partial charge in [-0.05, 0) is 25.1 Å². The van der Waals surface area contributed by atoms with Crippen LogP contribution in [-0.4, -0.2) is 21.6 Å². The number of hydrogen-bond donors (Lipinski definition) is 2. The first kappa shape index (κ1) is 10.6. The maximum Gasteiger partial charge on any atom is 0.222 e. The SMILES string of the molecule is CC(O)(CNc1ncccn1)c1ccco1. The van der Waals surface area contributed by atoms with Gasteiger partial charge in [0.25, 0.3) is 0 Å². The Morgan fingerprint density at radius 3 is 2.75 bits per heavy atom. The van der Waals surface area contributed by atoms with Crippen molar-refractivity contribution in [1.29, 1.82) is 0 Å². The number of rotatable bonds is 4. The highest BCUT2D eigenvalue weighted by atomic mass is 16.4. The van der Waals surface area contributed by atoms with Crippen molar-refractivity contribution in [2.75, 3.05) is 11.9 Å². The Bertz CT molecular complexity index is 426. The highest BCUT2D eigenvalue weighted by Gasteiger charge is 2.26. The number of hydrogen-bond acceptors (Lipinski definition) is 5. The number of anilines is 1. The second kappa shape index (κ2) is 4.32. The van der Waals surface area contributed by atoms with Crippen LogP contribution in [0.2, 0.25) is 0 Å². The minimum atomic E-state index is -1.08. The van der Waals surface area contributed by atoms with Crippen molar-refractivity contribution in [1.82, 2.24) is 9.97 Å². The molecule has 0 aliphatic rings. The molecule has 5 nitrogen and oxygen atoms in total. The van der Waals surface area contributed by atoms with Gasteiger partial charge in [-0.25, -0.2) is 9.97 Å². The summed E-state index contributed by atoms with van der Waals surface area (Å²) >= 11 is 0. The molecule has 2 rings (SSSR count). The van der Waals surface area contributed by atoms with E-state index in [2.05, 4.69) is 15.3 Å². The maximum absolute atomic E-state index is 10.1. The van der Waals surface area contributed by atoms with E-state index in [1.165, 1.54) is 6.26 Å². The van der Waals surface area contributed by atoms with Gasteiger partial charge in [-0.15, -0.1) is 0 Å². The van der Waals surface area contributed by atoms with Crippen LogP contribution in [0.1, 0.15) is 12.7 Å². The number of nitrogens with zero attached hydrogens (tertiary/aromatic N) is 2. The van der Waals surface area contributed by atoms with Crippen LogP contribution in [0.15, 0.2) is 41.3 Å². The molecule has 0 amide bonds. The van der Waals surface area contributed by atoms with Crippen molar-refractivity contribution in [3.63, 3.8) is 0 Å². The Labute approximate surface area is 93.2 Å². The summed E-state index contributed by atoms with van der Waals surface area (Å²) in [5.74, 6) is 0.991. The van der Waals surface area contributed by atoms with E-state index in [9.17, 15) is 5.11 Å². The number of furan rings is 1. The average Bonchev–Trinajstić information content (AvgIpc) is 2.82. The molecule has 0 aliphatic carbocycles. The maximum atomic E-state index is 10.1. The molecule has 16 heavy (non-hydrogen) atoms. The minimum absolute atomic E-state index is 0.282. The summed E-state index contributed by atoms with van der Waals surface area (Å²) < 4.78 is 5.16. The summed E-state index contributed by atoms with van der Waals surface area (Å²) in [5.41, 5.74) is -1.08. The first-order chi connectivity index (χ1) is 7.68.